The number of carbonyl (C=O) groups excluding carboxylic acids is 1. The smallest absolute Gasteiger partial charge is 0.226 e. The summed E-state index contributed by atoms with van der Waals surface area (Å²) in [7, 11) is 0. The van der Waals surface area contributed by atoms with E-state index in [2.05, 4.69) is 10.3 Å². The Morgan fingerprint density at radius 3 is 2.71 bits per heavy atom. The molecule has 1 aliphatic heterocycles. The van der Waals surface area contributed by atoms with Crippen LogP contribution in [-0.4, -0.2) is 17.4 Å². The molecule has 148 valence electrons. The molecule has 2 aromatic rings. The lowest BCUT2D eigenvalue weighted by molar-refractivity contribution is -0.117. The highest BCUT2D eigenvalue weighted by Gasteiger charge is 2.46. The lowest BCUT2D eigenvalue weighted by atomic mass is 9.92. The molecular weight excluding hydrogens is 360 g/mol. The van der Waals surface area contributed by atoms with Crippen molar-refractivity contribution >= 4 is 17.4 Å². The van der Waals surface area contributed by atoms with Gasteiger partial charge in [0.15, 0.2) is 11.6 Å². The fourth-order valence-electron chi connectivity index (χ4n) is 3.91. The maximum absolute atomic E-state index is 14.7. The molecular formula is C22H25F2N3O. The molecule has 1 saturated carbocycles. The lowest BCUT2D eigenvalue weighted by Gasteiger charge is -2.31. The van der Waals surface area contributed by atoms with Crippen LogP contribution < -0.4 is 10.2 Å². The molecule has 1 aromatic heterocycles. The Bertz CT molecular complexity index is 922. The van der Waals surface area contributed by atoms with Gasteiger partial charge in [-0.1, -0.05) is 39.0 Å². The van der Waals surface area contributed by atoms with Gasteiger partial charge in [-0.05, 0) is 23.8 Å². The normalized spacial score (nSPS) is 20.4. The predicted molar refractivity (Wildman–Crippen MR) is 105 cm³/mol. The molecule has 1 N–H and O–H groups in total. The summed E-state index contributed by atoms with van der Waals surface area (Å²) in [5, 5.41) is 2.63. The van der Waals surface area contributed by atoms with Gasteiger partial charge in [-0.2, -0.15) is 0 Å². The second kappa shape index (κ2) is 6.83. The van der Waals surface area contributed by atoms with Crippen LogP contribution in [0, 0.1) is 23.0 Å². The van der Waals surface area contributed by atoms with Crippen LogP contribution in [0.5, 0.6) is 0 Å². The van der Waals surface area contributed by atoms with Crippen molar-refractivity contribution in [3.8, 4) is 0 Å². The van der Waals surface area contributed by atoms with Crippen LogP contribution in [0.2, 0.25) is 0 Å². The van der Waals surface area contributed by atoms with Gasteiger partial charge in [0.25, 0.3) is 0 Å². The first-order valence-electron chi connectivity index (χ1n) is 9.70. The van der Waals surface area contributed by atoms with Gasteiger partial charge in [0.05, 0.1) is 11.4 Å². The van der Waals surface area contributed by atoms with E-state index in [1.165, 1.54) is 12.1 Å². The maximum atomic E-state index is 14.7. The first-order chi connectivity index (χ1) is 13.2. The van der Waals surface area contributed by atoms with Crippen LogP contribution in [0.3, 0.4) is 0 Å². The number of aromatic nitrogens is 1. The maximum Gasteiger partial charge on any atom is 0.226 e. The number of nitrogens with zero attached hydrogens (tertiary/aromatic N) is 2. The number of fused-ring (bicyclic) bond motifs is 3. The fourth-order valence-corrected chi connectivity index (χ4v) is 3.91. The van der Waals surface area contributed by atoms with Crippen LogP contribution >= 0.6 is 0 Å². The Kier molecular flexibility index (Phi) is 4.60. The SMILES string of the molecule is CC(C)(C)CC(=O)Nc1nc2c(cc1F)N(Cc1ccccc1F)CC1CC21. The van der Waals surface area contributed by atoms with Crippen molar-refractivity contribution in [2.24, 2.45) is 11.3 Å². The van der Waals surface area contributed by atoms with E-state index in [4.69, 9.17) is 0 Å². The van der Waals surface area contributed by atoms with Crippen LogP contribution in [0.25, 0.3) is 0 Å². The van der Waals surface area contributed by atoms with Crippen LogP contribution in [0.15, 0.2) is 30.3 Å². The molecule has 0 radical (unpaired) electrons. The standard InChI is InChI=1S/C22H25F2N3O/c1-22(2,3)10-19(28)25-21-17(24)9-18-20(26-21)15-8-14(15)12-27(18)11-13-6-4-5-7-16(13)23/h4-7,9,14-15H,8,10-12H2,1-3H3,(H,25,26,28). The molecule has 2 heterocycles. The van der Waals surface area contributed by atoms with Gasteiger partial charge in [0, 0.05) is 37.1 Å². The third-order valence-corrected chi connectivity index (χ3v) is 5.32. The second-order valence-electron chi connectivity index (χ2n) is 9.08. The Hall–Kier alpha value is -2.50. The molecule has 6 heteroatoms. The topological polar surface area (TPSA) is 45.2 Å². The zero-order valence-corrected chi connectivity index (χ0v) is 16.4. The number of pyridine rings is 1. The van der Waals surface area contributed by atoms with Crippen LogP contribution in [0.1, 0.15) is 50.8 Å². The highest BCUT2D eigenvalue weighted by molar-refractivity contribution is 5.90. The second-order valence-corrected chi connectivity index (χ2v) is 9.08. The molecule has 4 nitrogen and oxygen atoms in total. The first-order valence-corrected chi connectivity index (χ1v) is 9.70. The van der Waals surface area contributed by atoms with Gasteiger partial charge < -0.3 is 10.2 Å². The van der Waals surface area contributed by atoms with Crippen molar-refractivity contribution in [1.29, 1.82) is 0 Å². The number of rotatable bonds is 4. The van der Waals surface area contributed by atoms with Gasteiger partial charge in [0.1, 0.15) is 5.82 Å². The Morgan fingerprint density at radius 2 is 2.00 bits per heavy atom. The number of benzene rings is 1. The number of halogens is 2. The minimum atomic E-state index is -0.557. The summed E-state index contributed by atoms with van der Waals surface area (Å²) in [5.41, 5.74) is 1.90. The summed E-state index contributed by atoms with van der Waals surface area (Å²) in [4.78, 5) is 18.7. The monoisotopic (exact) mass is 385 g/mol. The molecule has 4 rings (SSSR count). The summed E-state index contributed by atoms with van der Waals surface area (Å²) in [6, 6.07) is 8.08. The van der Waals surface area contributed by atoms with Crippen molar-refractivity contribution in [3.05, 3.63) is 53.2 Å². The third kappa shape index (κ3) is 3.86. The molecule has 1 aromatic carbocycles. The zero-order valence-electron chi connectivity index (χ0n) is 16.4. The molecule has 2 unspecified atom stereocenters. The van der Waals surface area contributed by atoms with Crippen LogP contribution in [-0.2, 0) is 11.3 Å². The van der Waals surface area contributed by atoms with E-state index in [0.29, 0.717) is 29.6 Å². The van der Waals surface area contributed by atoms with E-state index in [1.54, 1.807) is 18.2 Å². The van der Waals surface area contributed by atoms with Crippen molar-refractivity contribution in [1.82, 2.24) is 4.98 Å². The third-order valence-electron chi connectivity index (χ3n) is 5.32. The lowest BCUT2D eigenvalue weighted by Crippen LogP contribution is -2.31. The summed E-state index contributed by atoms with van der Waals surface area (Å²) in [6.07, 6.45) is 1.28. The van der Waals surface area contributed by atoms with Crippen molar-refractivity contribution in [2.75, 3.05) is 16.8 Å². The van der Waals surface area contributed by atoms with Crippen molar-refractivity contribution in [3.63, 3.8) is 0 Å². The molecule has 0 saturated heterocycles. The average molecular weight is 385 g/mol. The summed E-state index contributed by atoms with van der Waals surface area (Å²) < 4.78 is 28.8. The average Bonchev–Trinajstić information content (AvgIpc) is 3.36. The molecule has 2 aliphatic rings. The van der Waals surface area contributed by atoms with E-state index >= 15 is 0 Å². The minimum Gasteiger partial charge on any atom is -0.365 e. The number of anilines is 2. The molecule has 1 amide bonds. The van der Waals surface area contributed by atoms with Crippen molar-refractivity contribution in [2.45, 2.75) is 46.1 Å². The number of amides is 1. The van der Waals surface area contributed by atoms with E-state index < -0.39 is 5.82 Å². The van der Waals surface area contributed by atoms with Gasteiger partial charge in [-0.25, -0.2) is 13.8 Å². The molecule has 0 spiro atoms. The van der Waals surface area contributed by atoms with Crippen molar-refractivity contribution < 1.29 is 13.6 Å². The highest BCUT2D eigenvalue weighted by Crippen LogP contribution is 2.54. The summed E-state index contributed by atoms with van der Waals surface area (Å²) >= 11 is 0. The van der Waals surface area contributed by atoms with Gasteiger partial charge in [-0.15, -0.1) is 0 Å². The summed E-state index contributed by atoms with van der Waals surface area (Å²) in [5.74, 6) is -0.321. The molecule has 1 aliphatic carbocycles. The Morgan fingerprint density at radius 1 is 1.25 bits per heavy atom. The quantitative estimate of drug-likeness (QED) is 0.818. The van der Waals surface area contributed by atoms with E-state index in [1.807, 2.05) is 25.7 Å². The first kappa shape index (κ1) is 18.8. The number of carbonyl (C=O) groups is 1. The zero-order chi connectivity index (χ0) is 20.1. The molecule has 0 bridgehead atoms. The predicted octanol–water partition coefficient (Wildman–Crippen LogP) is 4.86. The number of hydrogen-bond donors (Lipinski definition) is 1. The van der Waals surface area contributed by atoms with Gasteiger partial charge in [-0.3, -0.25) is 4.79 Å². The minimum absolute atomic E-state index is 0.00797. The molecule has 1 fully saturated rings. The van der Waals surface area contributed by atoms with Gasteiger partial charge >= 0.3 is 0 Å². The molecule has 2 atom stereocenters. The van der Waals surface area contributed by atoms with E-state index in [9.17, 15) is 13.6 Å². The van der Waals surface area contributed by atoms with Gasteiger partial charge in [0.2, 0.25) is 5.91 Å². The number of nitrogens with one attached hydrogen (secondary N) is 1. The Labute approximate surface area is 164 Å². The fraction of sp³-hybridized carbons (Fsp3) is 0.455. The Balaban J connectivity index is 1.60. The summed E-state index contributed by atoms with van der Waals surface area (Å²) in [6.45, 7) is 7.01. The van der Waals surface area contributed by atoms with E-state index in [-0.39, 0.29) is 29.4 Å². The largest absolute Gasteiger partial charge is 0.365 e. The van der Waals surface area contributed by atoms with Crippen LogP contribution in [0.4, 0.5) is 20.3 Å². The van der Waals surface area contributed by atoms with E-state index in [0.717, 1.165) is 18.7 Å². The molecule has 28 heavy (non-hydrogen) atoms. The highest BCUT2D eigenvalue weighted by atomic mass is 19.1. The number of hydrogen-bond acceptors (Lipinski definition) is 3.